The van der Waals surface area contributed by atoms with E-state index in [9.17, 15) is 4.91 Å². The highest BCUT2D eigenvalue weighted by Crippen LogP contribution is 2.01. The summed E-state index contributed by atoms with van der Waals surface area (Å²) >= 11 is 0. The van der Waals surface area contributed by atoms with Crippen LogP contribution < -0.4 is 0 Å². The van der Waals surface area contributed by atoms with Crippen LogP contribution in [-0.2, 0) is 4.74 Å². The second-order valence-corrected chi connectivity index (χ2v) is 2.06. The van der Waals surface area contributed by atoms with Crippen molar-refractivity contribution in [1.82, 2.24) is 0 Å². The van der Waals surface area contributed by atoms with Crippen molar-refractivity contribution in [2.45, 2.75) is 39.5 Å². The minimum absolute atomic E-state index is 0.137. The van der Waals surface area contributed by atoms with Crippen LogP contribution in [0.1, 0.15) is 27.2 Å². The highest BCUT2D eigenvalue weighted by atomic mass is 16.5. The molecule has 0 radical (unpaired) electrons. The monoisotopic (exact) mass is 131 g/mol. The van der Waals surface area contributed by atoms with E-state index in [4.69, 9.17) is 4.74 Å². The molecule has 0 saturated heterocycles. The molecule has 0 aliphatic carbocycles. The van der Waals surface area contributed by atoms with Gasteiger partial charge in [-0.05, 0) is 25.4 Å². The Balaban J connectivity index is 3.33. The fourth-order valence-corrected chi connectivity index (χ4v) is 0.457. The van der Waals surface area contributed by atoms with Crippen LogP contribution in [0.15, 0.2) is 5.18 Å². The molecule has 54 valence electrons. The van der Waals surface area contributed by atoms with E-state index in [0.29, 0.717) is 0 Å². The molecule has 0 aliphatic rings. The van der Waals surface area contributed by atoms with Gasteiger partial charge in [0.15, 0.2) is 6.23 Å². The second kappa shape index (κ2) is 4.44. The average molecular weight is 131 g/mol. The van der Waals surface area contributed by atoms with Gasteiger partial charge in [0.05, 0.1) is 6.10 Å². The average Bonchev–Trinajstić information content (AvgIpc) is 1.87. The largest absolute Gasteiger partial charge is 0.350 e. The van der Waals surface area contributed by atoms with Crippen LogP contribution in [0.3, 0.4) is 0 Å². The lowest BCUT2D eigenvalue weighted by Crippen LogP contribution is -2.13. The van der Waals surface area contributed by atoms with E-state index in [1.807, 2.05) is 13.8 Å². The lowest BCUT2D eigenvalue weighted by atomic mass is 10.3. The van der Waals surface area contributed by atoms with Gasteiger partial charge in [0.1, 0.15) is 0 Å². The van der Waals surface area contributed by atoms with Gasteiger partial charge in [-0.2, -0.15) is 0 Å². The number of nitroso groups, excluding NO2 is 1. The molecule has 0 bridgehead atoms. The molecule has 0 saturated carbocycles. The normalized spacial score (nSPS) is 16.8. The maximum atomic E-state index is 9.78. The van der Waals surface area contributed by atoms with Crippen molar-refractivity contribution < 1.29 is 4.74 Å². The molecule has 0 aliphatic heterocycles. The van der Waals surface area contributed by atoms with Gasteiger partial charge < -0.3 is 4.74 Å². The summed E-state index contributed by atoms with van der Waals surface area (Å²) in [4.78, 5) is 9.78. The molecule has 3 heteroatoms. The highest BCUT2D eigenvalue weighted by Gasteiger charge is 2.04. The highest BCUT2D eigenvalue weighted by molar-refractivity contribution is 4.48. The van der Waals surface area contributed by atoms with Gasteiger partial charge in [-0.1, -0.05) is 6.92 Å². The minimum Gasteiger partial charge on any atom is -0.350 e. The first-order chi connectivity index (χ1) is 4.20. The quantitative estimate of drug-likeness (QED) is 0.546. The Hall–Kier alpha value is -0.440. The van der Waals surface area contributed by atoms with Crippen molar-refractivity contribution in [3.8, 4) is 0 Å². The molecule has 0 aromatic carbocycles. The van der Waals surface area contributed by atoms with Gasteiger partial charge in [0, 0.05) is 0 Å². The summed E-state index contributed by atoms with van der Waals surface area (Å²) in [5, 5.41) is 2.70. The minimum atomic E-state index is -0.500. The first-order valence-corrected chi connectivity index (χ1v) is 3.18. The van der Waals surface area contributed by atoms with E-state index >= 15 is 0 Å². The smallest absolute Gasteiger partial charge is 0.187 e. The number of nitrogens with zero attached hydrogens (tertiary/aromatic N) is 1. The zero-order valence-electron chi connectivity index (χ0n) is 6.13. The first-order valence-electron chi connectivity index (χ1n) is 3.18. The summed E-state index contributed by atoms with van der Waals surface area (Å²) in [5.74, 6) is 0. The molecular weight excluding hydrogens is 118 g/mol. The van der Waals surface area contributed by atoms with E-state index in [2.05, 4.69) is 5.18 Å². The summed E-state index contributed by atoms with van der Waals surface area (Å²) in [5.41, 5.74) is 0. The molecule has 0 spiro atoms. The van der Waals surface area contributed by atoms with Crippen LogP contribution in [0, 0.1) is 4.91 Å². The third-order valence-electron chi connectivity index (χ3n) is 1.15. The molecule has 2 unspecified atom stereocenters. The van der Waals surface area contributed by atoms with Crippen LogP contribution >= 0.6 is 0 Å². The maximum absolute atomic E-state index is 9.78. The van der Waals surface area contributed by atoms with Gasteiger partial charge in [0.2, 0.25) is 0 Å². The van der Waals surface area contributed by atoms with Crippen molar-refractivity contribution in [2.75, 3.05) is 0 Å². The molecule has 0 amide bonds. The molecule has 0 fully saturated rings. The molecular formula is C6H13NO2. The molecule has 3 nitrogen and oxygen atoms in total. The fraction of sp³-hybridized carbons (Fsp3) is 1.00. The van der Waals surface area contributed by atoms with E-state index < -0.39 is 6.23 Å². The van der Waals surface area contributed by atoms with Crippen LogP contribution in [0.2, 0.25) is 0 Å². The zero-order valence-corrected chi connectivity index (χ0v) is 6.13. The van der Waals surface area contributed by atoms with E-state index in [0.717, 1.165) is 6.42 Å². The third-order valence-corrected chi connectivity index (χ3v) is 1.15. The maximum Gasteiger partial charge on any atom is 0.187 e. The van der Waals surface area contributed by atoms with Crippen molar-refractivity contribution >= 4 is 0 Å². The van der Waals surface area contributed by atoms with E-state index in [1.54, 1.807) is 6.92 Å². The SMILES string of the molecule is CCC(C)OC(C)N=O. The molecule has 2 atom stereocenters. The molecule has 0 aromatic heterocycles. The number of hydrogen-bond acceptors (Lipinski definition) is 3. The molecule has 9 heavy (non-hydrogen) atoms. The molecule has 0 N–H and O–H groups in total. The van der Waals surface area contributed by atoms with Crippen molar-refractivity contribution in [3.05, 3.63) is 4.91 Å². The molecule has 0 aromatic rings. The topological polar surface area (TPSA) is 38.7 Å². The summed E-state index contributed by atoms with van der Waals surface area (Å²) < 4.78 is 5.07. The van der Waals surface area contributed by atoms with Gasteiger partial charge in [0.25, 0.3) is 0 Å². The van der Waals surface area contributed by atoms with Crippen LogP contribution in [-0.4, -0.2) is 12.3 Å². The lowest BCUT2D eigenvalue weighted by Gasteiger charge is -2.10. The Morgan fingerprint density at radius 2 is 2.11 bits per heavy atom. The number of rotatable bonds is 4. The van der Waals surface area contributed by atoms with Gasteiger partial charge in [-0.15, -0.1) is 4.91 Å². The summed E-state index contributed by atoms with van der Waals surface area (Å²) in [6.07, 6.45) is 0.553. The molecule has 0 rings (SSSR count). The second-order valence-electron chi connectivity index (χ2n) is 2.06. The standard InChI is InChI=1S/C6H13NO2/c1-4-5(2)9-6(3)7-8/h5-6H,4H2,1-3H3. The third kappa shape index (κ3) is 4.09. The lowest BCUT2D eigenvalue weighted by molar-refractivity contribution is 0.0110. The van der Waals surface area contributed by atoms with Crippen LogP contribution in [0.25, 0.3) is 0 Å². The van der Waals surface area contributed by atoms with Crippen LogP contribution in [0.4, 0.5) is 0 Å². The van der Waals surface area contributed by atoms with Crippen LogP contribution in [0.5, 0.6) is 0 Å². The van der Waals surface area contributed by atoms with Gasteiger partial charge in [-0.3, -0.25) is 0 Å². The fourth-order valence-electron chi connectivity index (χ4n) is 0.457. The van der Waals surface area contributed by atoms with Gasteiger partial charge >= 0.3 is 0 Å². The van der Waals surface area contributed by atoms with Crippen molar-refractivity contribution in [3.63, 3.8) is 0 Å². The Labute approximate surface area is 55.4 Å². The molecule has 0 heterocycles. The summed E-state index contributed by atoms with van der Waals surface area (Å²) in [7, 11) is 0. The Bertz CT molecular complexity index is 85.1. The van der Waals surface area contributed by atoms with E-state index in [1.165, 1.54) is 0 Å². The zero-order chi connectivity index (χ0) is 7.28. The first kappa shape index (κ1) is 8.56. The summed E-state index contributed by atoms with van der Waals surface area (Å²) in [6, 6.07) is 0. The number of hydrogen-bond donors (Lipinski definition) is 0. The Kier molecular flexibility index (Phi) is 4.22. The Morgan fingerprint density at radius 3 is 2.44 bits per heavy atom. The van der Waals surface area contributed by atoms with E-state index in [-0.39, 0.29) is 6.10 Å². The van der Waals surface area contributed by atoms with Crippen molar-refractivity contribution in [1.29, 1.82) is 0 Å². The van der Waals surface area contributed by atoms with Crippen molar-refractivity contribution in [2.24, 2.45) is 5.18 Å². The summed E-state index contributed by atoms with van der Waals surface area (Å²) in [6.45, 7) is 5.56. The van der Waals surface area contributed by atoms with Gasteiger partial charge in [-0.25, -0.2) is 0 Å². The Morgan fingerprint density at radius 1 is 1.56 bits per heavy atom. The number of ether oxygens (including phenoxy) is 1. The predicted octanol–water partition coefficient (Wildman–Crippen LogP) is 1.91. The predicted molar refractivity (Wildman–Crippen MR) is 36.1 cm³/mol.